The Morgan fingerprint density at radius 3 is 0.700 bits per heavy atom. The standard InChI is InChI=1S/C9F20O/c10-1(11,2(12,13)6(20,21)22)4(16,17)8(26,27)30-9(28,29)5(18,19)3(14,15)7(23,24)25. The molecular weight excluding hydrogens is 504 g/mol. The van der Waals surface area contributed by atoms with Crippen LogP contribution in [0.5, 0.6) is 0 Å². The van der Waals surface area contributed by atoms with E-state index in [1.165, 1.54) is 0 Å². The zero-order valence-corrected chi connectivity index (χ0v) is 12.5. The van der Waals surface area contributed by atoms with Crippen LogP contribution in [0.1, 0.15) is 0 Å². The maximum Gasteiger partial charge on any atom is 0.460 e. The van der Waals surface area contributed by atoms with Gasteiger partial charge in [0, 0.05) is 0 Å². The van der Waals surface area contributed by atoms with E-state index in [4.69, 9.17) is 0 Å². The average Bonchev–Trinajstić information content (AvgIpc) is 2.42. The van der Waals surface area contributed by atoms with Gasteiger partial charge in [0.15, 0.2) is 0 Å². The van der Waals surface area contributed by atoms with E-state index in [9.17, 15) is 87.8 Å². The lowest BCUT2D eigenvalue weighted by Gasteiger charge is -2.39. The summed E-state index contributed by atoms with van der Waals surface area (Å²) >= 11 is 0. The molecular formula is C9F20O. The van der Waals surface area contributed by atoms with Crippen LogP contribution in [0.3, 0.4) is 0 Å². The highest BCUT2D eigenvalue weighted by atomic mass is 19.4. The Kier molecular flexibility index (Phi) is 6.45. The Morgan fingerprint density at radius 1 is 0.267 bits per heavy atom. The van der Waals surface area contributed by atoms with Crippen molar-refractivity contribution in [3.63, 3.8) is 0 Å². The second kappa shape index (κ2) is 6.78. The number of hydrogen-bond donors (Lipinski definition) is 0. The molecule has 0 aliphatic carbocycles. The molecule has 0 bridgehead atoms. The minimum Gasteiger partial charge on any atom is -0.245 e. The molecule has 0 aliphatic rings. The Bertz CT molecular complexity index is 621. The number of alkyl halides is 20. The van der Waals surface area contributed by atoms with Gasteiger partial charge in [0.1, 0.15) is 0 Å². The summed E-state index contributed by atoms with van der Waals surface area (Å²) in [6, 6.07) is 0. The second-order valence-corrected chi connectivity index (χ2v) is 5.00. The van der Waals surface area contributed by atoms with E-state index in [0.717, 1.165) is 4.74 Å². The number of rotatable bonds is 7. The van der Waals surface area contributed by atoms with Crippen LogP contribution in [0.4, 0.5) is 87.8 Å². The first-order chi connectivity index (χ1) is 12.5. The van der Waals surface area contributed by atoms with Crippen molar-refractivity contribution in [2.24, 2.45) is 0 Å². The third-order valence-electron chi connectivity index (χ3n) is 2.88. The summed E-state index contributed by atoms with van der Waals surface area (Å²) < 4.78 is 248. The Morgan fingerprint density at radius 2 is 0.467 bits per heavy atom. The molecule has 0 heterocycles. The van der Waals surface area contributed by atoms with Gasteiger partial charge in [-0.15, -0.1) is 0 Å². The van der Waals surface area contributed by atoms with Gasteiger partial charge in [0.25, 0.3) is 0 Å². The van der Waals surface area contributed by atoms with E-state index >= 15 is 0 Å². The van der Waals surface area contributed by atoms with Crippen LogP contribution < -0.4 is 0 Å². The van der Waals surface area contributed by atoms with Gasteiger partial charge in [0.2, 0.25) is 0 Å². The van der Waals surface area contributed by atoms with Gasteiger partial charge in [-0.2, -0.15) is 87.8 Å². The van der Waals surface area contributed by atoms with Crippen LogP contribution in [0.25, 0.3) is 0 Å². The van der Waals surface area contributed by atoms with Crippen molar-refractivity contribution in [2.75, 3.05) is 0 Å². The summed E-state index contributed by atoms with van der Waals surface area (Å²) in [7, 11) is 0. The van der Waals surface area contributed by atoms with Crippen molar-refractivity contribution in [1.82, 2.24) is 0 Å². The summed E-state index contributed by atoms with van der Waals surface area (Å²) in [5.74, 6) is -41.6. The molecule has 30 heavy (non-hydrogen) atoms. The molecule has 0 radical (unpaired) electrons. The van der Waals surface area contributed by atoms with Crippen molar-refractivity contribution in [2.45, 2.75) is 54.2 Å². The first-order valence-electron chi connectivity index (χ1n) is 5.94. The lowest BCUT2D eigenvalue weighted by molar-refractivity contribution is -0.524. The zero-order valence-electron chi connectivity index (χ0n) is 12.5. The average molecular weight is 504 g/mol. The molecule has 0 aliphatic heterocycles. The highest BCUT2D eigenvalue weighted by molar-refractivity contribution is 5.05. The van der Waals surface area contributed by atoms with Crippen molar-refractivity contribution in [3.05, 3.63) is 0 Å². The Hall–Kier alpha value is -1.44. The van der Waals surface area contributed by atoms with Crippen molar-refractivity contribution < 1.29 is 92.5 Å². The number of halogens is 20. The SMILES string of the molecule is FC(F)(F)C(F)(F)C(F)(F)C(F)(F)OC(F)(F)C(F)(F)C(F)(F)C(F)(F)C(F)(F)F. The maximum absolute atomic E-state index is 12.9. The van der Waals surface area contributed by atoms with Crippen LogP contribution in [0.2, 0.25) is 0 Å². The molecule has 182 valence electrons. The van der Waals surface area contributed by atoms with Crippen molar-refractivity contribution >= 4 is 0 Å². The van der Waals surface area contributed by atoms with E-state index in [2.05, 4.69) is 0 Å². The Labute approximate surface area is 148 Å². The molecule has 0 amide bonds. The number of hydrogen-bond acceptors (Lipinski definition) is 1. The fraction of sp³-hybridized carbons (Fsp3) is 1.00. The highest BCUT2D eigenvalue weighted by Crippen LogP contribution is 2.60. The summed E-state index contributed by atoms with van der Waals surface area (Å²) in [6.45, 7) is 0. The molecule has 0 unspecified atom stereocenters. The molecule has 0 saturated heterocycles. The largest absolute Gasteiger partial charge is 0.460 e. The maximum atomic E-state index is 12.9. The van der Waals surface area contributed by atoms with Crippen molar-refractivity contribution in [3.8, 4) is 0 Å². The van der Waals surface area contributed by atoms with Crippen LogP contribution in [-0.2, 0) is 4.74 Å². The third kappa shape index (κ3) is 3.80. The van der Waals surface area contributed by atoms with Crippen LogP contribution in [0, 0.1) is 0 Å². The van der Waals surface area contributed by atoms with Crippen molar-refractivity contribution in [1.29, 1.82) is 0 Å². The predicted molar refractivity (Wildman–Crippen MR) is 47.8 cm³/mol. The third-order valence-corrected chi connectivity index (χ3v) is 2.88. The van der Waals surface area contributed by atoms with Gasteiger partial charge in [-0.25, -0.2) is 4.74 Å². The smallest absolute Gasteiger partial charge is 0.245 e. The molecule has 21 heteroatoms. The molecule has 0 fully saturated rings. The van der Waals surface area contributed by atoms with Gasteiger partial charge in [-0.05, 0) is 0 Å². The summed E-state index contributed by atoms with van der Waals surface area (Å²) in [5.41, 5.74) is 0. The summed E-state index contributed by atoms with van der Waals surface area (Å²) in [6.07, 6.45) is -32.1. The first kappa shape index (κ1) is 28.6. The lowest BCUT2D eigenvalue weighted by Crippen LogP contribution is -2.69. The zero-order chi connectivity index (χ0) is 25.2. The topological polar surface area (TPSA) is 9.23 Å². The van der Waals surface area contributed by atoms with E-state index in [1.807, 2.05) is 0 Å². The quantitative estimate of drug-likeness (QED) is 0.361. The van der Waals surface area contributed by atoms with E-state index in [-0.39, 0.29) is 0 Å². The van der Waals surface area contributed by atoms with Crippen LogP contribution in [0.15, 0.2) is 0 Å². The van der Waals surface area contributed by atoms with Gasteiger partial charge in [-0.1, -0.05) is 0 Å². The fourth-order valence-electron chi connectivity index (χ4n) is 1.21. The minimum absolute atomic E-state index is 0.903. The fourth-order valence-corrected chi connectivity index (χ4v) is 1.21. The molecule has 0 N–H and O–H groups in total. The molecule has 0 rings (SSSR count). The number of ether oxygens (including phenoxy) is 1. The van der Waals surface area contributed by atoms with Gasteiger partial charge >= 0.3 is 54.2 Å². The normalized spacial score (nSPS) is 16.8. The Balaban J connectivity index is 6.41. The van der Waals surface area contributed by atoms with E-state index in [1.54, 1.807) is 0 Å². The van der Waals surface area contributed by atoms with Crippen LogP contribution in [-0.4, -0.2) is 54.2 Å². The highest BCUT2D eigenvalue weighted by Gasteiger charge is 2.91. The summed E-state index contributed by atoms with van der Waals surface area (Å²) in [4.78, 5) is 0. The molecule has 0 aromatic carbocycles. The van der Waals surface area contributed by atoms with Crippen LogP contribution >= 0.6 is 0 Å². The minimum atomic E-state index is -8.54. The molecule has 0 aromatic heterocycles. The molecule has 0 saturated carbocycles. The molecule has 0 atom stereocenters. The summed E-state index contributed by atoms with van der Waals surface area (Å²) in [5, 5.41) is 0. The lowest BCUT2D eigenvalue weighted by atomic mass is 10.0. The van der Waals surface area contributed by atoms with Gasteiger partial charge in [-0.3, -0.25) is 0 Å². The molecule has 0 aromatic rings. The van der Waals surface area contributed by atoms with E-state index < -0.39 is 54.2 Å². The van der Waals surface area contributed by atoms with Gasteiger partial charge < -0.3 is 0 Å². The monoisotopic (exact) mass is 504 g/mol. The second-order valence-electron chi connectivity index (χ2n) is 5.00. The van der Waals surface area contributed by atoms with E-state index in [0.29, 0.717) is 0 Å². The molecule has 0 spiro atoms. The predicted octanol–water partition coefficient (Wildman–Crippen LogP) is 6.49. The van der Waals surface area contributed by atoms with Gasteiger partial charge in [0.05, 0.1) is 0 Å². The first-order valence-corrected chi connectivity index (χ1v) is 5.94. The molecule has 1 nitrogen and oxygen atoms in total.